The zero-order chi connectivity index (χ0) is 18.6. The molecule has 1 spiro atoms. The highest BCUT2D eigenvalue weighted by atomic mass is 16.5. The highest BCUT2D eigenvalue weighted by molar-refractivity contribution is 5.90. The Morgan fingerprint density at radius 2 is 1.93 bits per heavy atom. The van der Waals surface area contributed by atoms with E-state index in [4.69, 9.17) is 14.7 Å². The molecule has 0 radical (unpaired) electrons. The summed E-state index contributed by atoms with van der Waals surface area (Å²) in [5, 5.41) is 4.97. The first-order valence-corrected chi connectivity index (χ1v) is 10.4. The number of hydrogen-bond donors (Lipinski definition) is 1. The number of fused-ring (bicyclic) bond motifs is 3. The number of aromatic nitrogens is 3. The van der Waals surface area contributed by atoms with Crippen molar-refractivity contribution in [3.8, 4) is 11.4 Å². The third-order valence-electron chi connectivity index (χ3n) is 7.10. The largest absolute Gasteiger partial charge is 0.377 e. The molecule has 6 rings (SSSR count). The Hall–Kier alpha value is -2.53. The number of ether oxygens (including phenoxy) is 1. The van der Waals surface area contributed by atoms with Gasteiger partial charge in [-0.1, -0.05) is 25.0 Å². The van der Waals surface area contributed by atoms with Gasteiger partial charge in [0, 0.05) is 47.3 Å². The SMILES string of the molecule is c1cncc(-c2nc(NC3C4CCOC4C34CCCC4)c3ccccc3n2)c1. The van der Waals surface area contributed by atoms with Crippen LogP contribution in [0, 0.1) is 11.3 Å². The molecule has 1 aliphatic heterocycles. The molecule has 142 valence electrons. The van der Waals surface area contributed by atoms with Crippen LogP contribution in [-0.2, 0) is 4.74 Å². The molecule has 0 amide bonds. The minimum absolute atomic E-state index is 0.293. The second-order valence-electron chi connectivity index (χ2n) is 8.46. The summed E-state index contributed by atoms with van der Waals surface area (Å²) in [6, 6.07) is 12.7. The standard InChI is InChI=1S/C23H24N4O/c1-2-8-18-16(7-1)22(27-21(25-18)15-6-5-12-24-14-15)26-19-17-9-13-28-20(17)23(19)10-3-4-11-23/h1-2,5-8,12,14,17,19-20H,3-4,9-11,13H2,(H,25,26,27). The Morgan fingerprint density at radius 3 is 2.79 bits per heavy atom. The van der Waals surface area contributed by atoms with Gasteiger partial charge in [0.1, 0.15) is 5.82 Å². The number of nitrogens with zero attached hydrogens (tertiary/aromatic N) is 3. The van der Waals surface area contributed by atoms with Crippen LogP contribution < -0.4 is 5.32 Å². The second-order valence-corrected chi connectivity index (χ2v) is 8.46. The molecule has 5 nitrogen and oxygen atoms in total. The normalized spacial score (nSPS) is 27.6. The van der Waals surface area contributed by atoms with Gasteiger partial charge < -0.3 is 10.1 Å². The van der Waals surface area contributed by atoms with Gasteiger partial charge in [-0.05, 0) is 43.5 Å². The molecule has 1 N–H and O–H groups in total. The molecule has 0 bridgehead atoms. The van der Waals surface area contributed by atoms with E-state index in [1.807, 2.05) is 24.4 Å². The number of pyridine rings is 1. The first-order valence-electron chi connectivity index (χ1n) is 10.4. The maximum absolute atomic E-state index is 6.16. The molecular weight excluding hydrogens is 348 g/mol. The van der Waals surface area contributed by atoms with Crippen LogP contribution in [0.4, 0.5) is 5.82 Å². The van der Waals surface area contributed by atoms with Gasteiger partial charge in [-0.3, -0.25) is 4.98 Å². The van der Waals surface area contributed by atoms with Crippen molar-refractivity contribution in [2.24, 2.45) is 11.3 Å². The molecule has 1 saturated heterocycles. The Balaban J connectivity index is 1.43. The molecule has 2 aliphatic carbocycles. The van der Waals surface area contributed by atoms with Crippen molar-refractivity contribution in [2.45, 2.75) is 44.2 Å². The summed E-state index contributed by atoms with van der Waals surface area (Å²) >= 11 is 0. The van der Waals surface area contributed by atoms with E-state index in [9.17, 15) is 0 Å². The monoisotopic (exact) mass is 372 g/mol. The van der Waals surface area contributed by atoms with Crippen LogP contribution in [0.1, 0.15) is 32.1 Å². The molecule has 3 fully saturated rings. The van der Waals surface area contributed by atoms with Gasteiger partial charge in [-0.2, -0.15) is 0 Å². The molecule has 5 heteroatoms. The zero-order valence-corrected chi connectivity index (χ0v) is 15.8. The fourth-order valence-corrected chi connectivity index (χ4v) is 5.86. The molecule has 2 aromatic heterocycles. The first-order chi connectivity index (χ1) is 13.9. The average Bonchev–Trinajstić information content (AvgIpc) is 3.41. The van der Waals surface area contributed by atoms with Crippen molar-refractivity contribution in [1.82, 2.24) is 15.0 Å². The van der Waals surface area contributed by atoms with Gasteiger partial charge in [0.2, 0.25) is 0 Å². The van der Waals surface area contributed by atoms with Crippen molar-refractivity contribution in [1.29, 1.82) is 0 Å². The Morgan fingerprint density at radius 1 is 1.04 bits per heavy atom. The third-order valence-corrected chi connectivity index (χ3v) is 7.10. The quantitative estimate of drug-likeness (QED) is 0.736. The van der Waals surface area contributed by atoms with Gasteiger partial charge in [-0.25, -0.2) is 9.97 Å². The molecule has 3 unspecified atom stereocenters. The highest BCUT2D eigenvalue weighted by Gasteiger charge is 2.65. The van der Waals surface area contributed by atoms with Crippen molar-refractivity contribution < 1.29 is 4.74 Å². The molecule has 1 aromatic carbocycles. The van der Waals surface area contributed by atoms with Crippen LogP contribution in [0.15, 0.2) is 48.8 Å². The molecule has 3 atom stereocenters. The minimum Gasteiger partial charge on any atom is -0.377 e. The van der Waals surface area contributed by atoms with Crippen molar-refractivity contribution >= 4 is 16.7 Å². The van der Waals surface area contributed by atoms with E-state index in [1.54, 1.807) is 6.20 Å². The van der Waals surface area contributed by atoms with E-state index in [1.165, 1.54) is 25.7 Å². The minimum atomic E-state index is 0.293. The summed E-state index contributed by atoms with van der Waals surface area (Å²) < 4.78 is 6.16. The molecular formula is C23H24N4O. The Bertz CT molecular complexity index is 1020. The van der Waals surface area contributed by atoms with Gasteiger partial charge in [-0.15, -0.1) is 0 Å². The fourth-order valence-electron chi connectivity index (χ4n) is 5.86. The fraction of sp³-hybridized carbons (Fsp3) is 0.435. The van der Waals surface area contributed by atoms with E-state index >= 15 is 0 Å². The average molecular weight is 372 g/mol. The predicted molar refractivity (Wildman–Crippen MR) is 109 cm³/mol. The third kappa shape index (κ3) is 2.32. The van der Waals surface area contributed by atoms with Crippen molar-refractivity contribution in [2.75, 3.05) is 11.9 Å². The van der Waals surface area contributed by atoms with Crippen LogP contribution in [0.2, 0.25) is 0 Å². The summed E-state index contributed by atoms with van der Waals surface area (Å²) in [5.74, 6) is 2.29. The molecule has 3 aliphatic rings. The van der Waals surface area contributed by atoms with E-state index in [2.05, 4.69) is 28.5 Å². The lowest BCUT2D eigenvalue weighted by atomic mass is 9.54. The topological polar surface area (TPSA) is 59.9 Å². The van der Waals surface area contributed by atoms with Crippen molar-refractivity contribution in [3.05, 3.63) is 48.8 Å². The van der Waals surface area contributed by atoms with E-state index in [-0.39, 0.29) is 0 Å². The van der Waals surface area contributed by atoms with Crippen LogP contribution in [0.25, 0.3) is 22.3 Å². The number of hydrogen-bond acceptors (Lipinski definition) is 5. The summed E-state index contributed by atoms with van der Waals surface area (Å²) in [7, 11) is 0. The van der Waals surface area contributed by atoms with E-state index in [0.717, 1.165) is 41.1 Å². The predicted octanol–water partition coefficient (Wildman–Crippen LogP) is 4.45. The van der Waals surface area contributed by atoms with Crippen LogP contribution in [-0.4, -0.2) is 33.7 Å². The van der Waals surface area contributed by atoms with Gasteiger partial charge in [0.05, 0.1) is 11.6 Å². The summed E-state index contributed by atoms with van der Waals surface area (Å²) in [5.41, 5.74) is 2.21. The second kappa shape index (κ2) is 6.24. The Labute approximate surface area is 164 Å². The Kier molecular flexibility index (Phi) is 3.66. The van der Waals surface area contributed by atoms with Gasteiger partial charge in [0.25, 0.3) is 0 Å². The number of para-hydroxylation sites is 1. The number of anilines is 1. The van der Waals surface area contributed by atoms with Crippen LogP contribution in [0.5, 0.6) is 0 Å². The molecule has 28 heavy (non-hydrogen) atoms. The maximum atomic E-state index is 6.16. The number of rotatable bonds is 3. The lowest BCUT2D eigenvalue weighted by molar-refractivity contribution is -0.111. The maximum Gasteiger partial charge on any atom is 0.163 e. The lowest BCUT2D eigenvalue weighted by Crippen LogP contribution is -2.65. The van der Waals surface area contributed by atoms with E-state index < -0.39 is 0 Å². The molecule has 3 aromatic rings. The van der Waals surface area contributed by atoms with Crippen LogP contribution >= 0.6 is 0 Å². The first kappa shape index (κ1) is 16.4. The molecule has 2 saturated carbocycles. The molecule has 3 heterocycles. The van der Waals surface area contributed by atoms with Gasteiger partial charge >= 0.3 is 0 Å². The van der Waals surface area contributed by atoms with Gasteiger partial charge in [0.15, 0.2) is 5.82 Å². The highest BCUT2D eigenvalue weighted by Crippen LogP contribution is 2.61. The summed E-state index contributed by atoms with van der Waals surface area (Å²) in [4.78, 5) is 14.0. The van der Waals surface area contributed by atoms with Crippen molar-refractivity contribution in [3.63, 3.8) is 0 Å². The number of nitrogens with one attached hydrogen (secondary N) is 1. The van der Waals surface area contributed by atoms with Crippen LogP contribution in [0.3, 0.4) is 0 Å². The smallest absolute Gasteiger partial charge is 0.163 e. The number of benzene rings is 1. The van der Waals surface area contributed by atoms with E-state index in [0.29, 0.717) is 23.5 Å². The lowest BCUT2D eigenvalue weighted by Gasteiger charge is -2.57. The summed E-state index contributed by atoms with van der Waals surface area (Å²) in [6.07, 6.45) is 10.4. The summed E-state index contributed by atoms with van der Waals surface area (Å²) in [6.45, 7) is 0.903. The zero-order valence-electron chi connectivity index (χ0n) is 15.8.